The third-order valence-electron chi connectivity index (χ3n) is 5.01. The lowest BCUT2D eigenvalue weighted by molar-refractivity contribution is -0.0205. The zero-order valence-corrected chi connectivity index (χ0v) is 13.8. The molecule has 0 aliphatic carbocycles. The Kier molecular flexibility index (Phi) is 4.45. The fraction of sp³-hybridized carbons (Fsp3) is 0.474. The molecule has 0 saturated carbocycles. The number of nitrogens with zero attached hydrogens (tertiary/aromatic N) is 3. The first-order valence-electron chi connectivity index (χ1n) is 8.64. The van der Waals surface area contributed by atoms with Crippen LogP contribution >= 0.6 is 0 Å². The summed E-state index contributed by atoms with van der Waals surface area (Å²) in [6, 6.07) is 12.2. The summed E-state index contributed by atoms with van der Waals surface area (Å²) in [5.74, 6) is 0.822. The Balaban J connectivity index is 1.29. The first-order valence-corrected chi connectivity index (χ1v) is 8.64. The van der Waals surface area contributed by atoms with Gasteiger partial charge in [0.05, 0.1) is 24.9 Å². The number of rotatable bonds is 4. The molecule has 2 aromatic rings. The zero-order valence-electron chi connectivity index (χ0n) is 13.8. The van der Waals surface area contributed by atoms with Crippen LogP contribution in [0.1, 0.15) is 24.8 Å². The van der Waals surface area contributed by atoms with E-state index in [1.54, 1.807) is 12.4 Å². The summed E-state index contributed by atoms with van der Waals surface area (Å²) in [5, 5.41) is 0. The van der Waals surface area contributed by atoms with Crippen LogP contribution in [0.5, 0.6) is 0 Å². The third-order valence-corrected chi connectivity index (χ3v) is 5.01. The van der Waals surface area contributed by atoms with Crippen molar-refractivity contribution in [2.24, 2.45) is 0 Å². The molecule has 5 nitrogen and oxygen atoms in total. The van der Waals surface area contributed by atoms with Crippen molar-refractivity contribution in [2.75, 3.05) is 24.6 Å². The molecule has 0 unspecified atom stereocenters. The van der Waals surface area contributed by atoms with E-state index in [1.165, 1.54) is 5.56 Å². The maximum atomic E-state index is 6.17. The van der Waals surface area contributed by atoms with Gasteiger partial charge >= 0.3 is 0 Å². The molecular weight excluding hydrogens is 302 g/mol. The van der Waals surface area contributed by atoms with Crippen molar-refractivity contribution in [3.05, 3.63) is 54.4 Å². The number of hydrogen-bond donors (Lipinski definition) is 0. The second kappa shape index (κ2) is 6.87. The molecule has 1 aromatic carbocycles. The van der Waals surface area contributed by atoms with Crippen LogP contribution in [0.3, 0.4) is 0 Å². The molecule has 0 N–H and O–H groups in total. The van der Waals surface area contributed by atoms with Crippen molar-refractivity contribution in [2.45, 2.75) is 37.6 Å². The first-order chi connectivity index (χ1) is 11.8. The van der Waals surface area contributed by atoms with Gasteiger partial charge in [0.2, 0.25) is 5.95 Å². The number of benzene rings is 1. The van der Waals surface area contributed by atoms with Gasteiger partial charge in [-0.25, -0.2) is 9.97 Å². The molecule has 3 heterocycles. The highest BCUT2D eigenvalue weighted by Gasteiger charge is 2.43. The van der Waals surface area contributed by atoms with Crippen LogP contribution in [-0.2, 0) is 16.1 Å². The van der Waals surface area contributed by atoms with Crippen LogP contribution in [0.25, 0.3) is 0 Å². The van der Waals surface area contributed by atoms with Crippen LogP contribution in [0.4, 0.5) is 5.95 Å². The summed E-state index contributed by atoms with van der Waals surface area (Å²) in [6.07, 6.45) is 6.80. The minimum atomic E-state index is -0.0212. The van der Waals surface area contributed by atoms with E-state index < -0.39 is 0 Å². The molecule has 0 radical (unpaired) electrons. The number of hydrogen-bond acceptors (Lipinski definition) is 5. The van der Waals surface area contributed by atoms with E-state index in [-0.39, 0.29) is 11.7 Å². The predicted octanol–water partition coefficient (Wildman–Crippen LogP) is 2.82. The van der Waals surface area contributed by atoms with Crippen LogP contribution in [0.15, 0.2) is 48.8 Å². The number of piperidine rings is 1. The Morgan fingerprint density at radius 2 is 1.83 bits per heavy atom. The lowest BCUT2D eigenvalue weighted by Crippen LogP contribution is -2.45. The van der Waals surface area contributed by atoms with Gasteiger partial charge in [0.25, 0.3) is 0 Å². The van der Waals surface area contributed by atoms with E-state index in [0.717, 1.165) is 38.3 Å². The van der Waals surface area contributed by atoms with E-state index >= 15 is 0 Å². The highest BCUT2D eigenvalue weighted by Crippen LogP contribution is 2.37. The molecule has 0 bridgehead atoms. The van der Waals surface area contributed by atoms with Gasteiger partial charge in [-0.15, -0.1) is 0 Å². The summed E-state index contributed by atoms with van der Waals surface area (Å²) in [6.45, 7) is 3.24. The van der Waals surface area contributed by atoms with E-state index in [1.807, 2.05) is 24.3 Å². The van der Waals surface area contributed by atoms with Crippen molar-refractivity contribution in [3.8, 4) is 0 Å². The molecular formula is C19H23N3O2. The molecule has 1 spiro atoms. The van der Waals surface area contributed by atoms with Gasteiger partial charge < -0.3 is 14.4 Å². The van der Waals surface area contributed by atoms with Crippen molar-refractivity contribution < 1.29 is 9.47 Å². The lowest BCUT2D eigenvalue weighted by Gasteiger charge is -2.38. The molecule has 1 aromatic heterocycles. The van der Waals surface area contributed by atoms with Crippen molar-refractivity contribution in [3.63, 3.8) is 0 Å². The van der Waals surface area contributed by atoms with Gasteiger partial charge in [0.15, 0.2) is 0 Å². The molecule has 4 rings (SSSR count). The molecule has 2 aliphatic heterocycles. The summed E-state index contributed by atoms with van der Waals surface area (Å²) in [5.41, 5.74) is 1.20. The second-order valence-electron chi connectivity index (χ2n) is 6.65. The highest BCUT2D eigenvalue weighted by atomic mass is 16.6. The molecule has 1 atom stereocenters. The lowest BCUT2D eigenvalue weighted by atomic mass is 9.88. The van der Waals surface area contributed by atoms with Gasteiger partial charge in [-0.1, -0.05) is 30.3 Å². The molecule has 2 aliphatic rings. The minimum Gasteiger partial charge on any atom is -0.372 e. The van der Waals surface area contributed by atoms with Crippen LogP contribution < -0.4 is 4.90 Å². The summed E-state index contributed by atoms with van der Waals surface area (Å²) in [4.78, 5) is 10.9. The second-order valence-corrected chi connectivity index (χ2v) is 6.65. The largest absolute Gasteiger partial charge is 0.372 e. The normalized spacial score (nSPS) is 22.8. The molecule has 5 heteroatoms. The van der Waals surface area contributed by atoms with Gasteiger partial charge in [-0.05, 0) is 24.5 Å². The minimum absolute atomic E-state index is 0.0212. The zero-order chi connectivity index (χ0) is 16.2. The summed E-state index contributed by atoms with van der Waals surface area (Å²) in [7, 11) is 0. The van der Waals surface area contributed by atoms with Crippen molar-refractivity contribution in [1.29, 1.82) is 0 Å². The number of aromatic nitrogens is 2. The van der Waals surface area contributed by atoms with Crippen molar-refractivity contribution >= 4 is 5.95 Å². The van der Waals surface area contributed by atoms with E-state index in [4.69, 9.17) is 9.47 Å². The van der Waals surface area contributed by atoms with Gasteiger partial charge in [0.1, 0.15) is 0 Å². The molecule has 24 heavy (non-hydrogen) atoms. The predicted molar refractivity (Wildman–Crippen MR) is 91.8 cm³/mol. The fourth-order valence-corrected chi connectivity index (χ4v) is 3.62. The van der Waals surface area contributed by atoms with Crippen LogP contribution in [0, 0.1) is 0 Å². The monoisotopic (exact) mass is 325 g/mol. The fourth-order valence-electron chi connectivity index (χ4n) is 3.62. The Bertz CT molecular complexity index is 642. The number of ether oxygens (including phenoxy) is 2. The van der Waals surface area contributed by atoms with E-state index in [9.17, 15) is 0 Å². The Labute approximate surface area is 142 Å². The van der Waals surface area contributed by atoms with Crippen LogP contribution in [0.2, 0.25) is 0 Å². The van der Waals surface area contributed by atoms with Gasteiger partial charge in [-0.3, -0.25) is 0 Å². The maximum Gasteiger partial charge on any atom is 0.225 e. The average Bonchev–Trinajstić information content (AvgIpc) is 3.05. The topological polar surface area (TPSA) is 47.5 Å². The molecule has 2 saturated heterocycles. The first kappa shape index (κ1) is 15.5. The number of anilines is 1. The van der Waals surface area contributed by atoms with Crippen LogP contribution in [-0.4, -0.2) is 41.4 Å². The Hall–Kier alpha value is -1.98. The van der Waals surface area contributed by atoms with Crippen molar-refractivity contribution in [1.82, 2.24) is 9.97 Å². The average molecular weight is 325 g/mol. The smallest absolute Gasteiger partial charge is 0.225 e. The summed E-state index contributed by atoms with van der Waals surface area (Å²) < 4.78 is 12.2. The maximum absolute atomic E-state index is 6.17. The molecule has 2 fully saturated rings. The molecule has 126 valence electrons. The van der Waals surface area contributed by atoms with E-state index in [2.05, 4.69) is 27.0 Å². The van der Waals surface area contributed by atoms with E-state index in [0.29, 0.717) is 13.2 Å². The Morgan fingerprint density at radius 3 is 2.58 bits per heavy atom. The standard InChI is InChI=1S/C19H23N3O2/c1-2-5-16(6-3-1)14-23-17-13-19(24-15-17)7-11-22(12-8-19)18-20-9-4-10-21-18/h1-6,9-10,17H,7-8,11-15H2/t17-/m0/s1. The summed E-state index contributed by atoms with van der Waals surface area (Å²) >= 11 is 0. The molecule has 0 amide bonds. The van der Waals surface area contributed by atoms with Gasteiger partial charge in [0, 0.05) is 31.9 Å². The highest BCUT2D eigenvalue weighted by molar-refractivity contribution is 5.29. The quantitative estimate of drug-likeness (QED) is 0.865. The third kappa shape index (κ3) is 3.42. The SMILES string of the molecule is c1ccc(CO[C@@H]2COC3(CCN(c4ncccn4)CC3)C2)cc1. The Morgan fingerprint density at radius 1 is 1.08 bits per heavy atom. The van der Waals surface area contributed by atoms with Gasteiger partial charge in [-0.2, -0.15) is 0 Å².